The molecule has 0 radical (unpaired) electrons. The van der Waals surface area contributed by atoms with E-state index < -0.39 is 23.3 Å². The van der Waals surface area contributed by atoms with Crippen LogP contribution in [0.15, 0.2) is 47.6 Å². The maximum absolute atomic E-state index is 14.4. The van der Waals surface area contributed by atoms with Gasteiger partial charge in [-0.05, 0) is 43.3 Å². The third-order valence-corrected chi connectivity index (χ3v) is 5.00. The third kappa shape index (κ3) is 2.72. The molecule has 2 aromatic rings. The van der Waals surface area contributed by atoms with Gasteiger partial charge in [-0.1, -0.05) is 12.1 Å². The molecule has 2 aliphatic heterocycles. The van der Waals surface area contributed by atoms with Gasteiger partial charge in [0.25, 0.3) is 0 Å². The van der Waals surface area contributed by atoms with Crippen LogP contribution in [0, 0.1) is 17.6 Å². The summed E-state index contributed by atoms with van der Waals surface area (Å²) in [4.78, 5) is 12.5. The van der Waals surface area contributed by atoms with Crippen LogP contribution in [-0.4, -0.2) is 30.0 Å². The van der Waals surface area contributed by atoms with E-state index in [-0.39, 0.29) is 24.0 Å². The van der Waals surface area contributed by atoms with Gasteiger partial charge in [0.2, 0.25) is 17.5 Å². The van der Waals surface area contributed by atoms with E-state index in [2.05, 4.69) is 5.10 Å². The van der Waals surface area contributed by atoms with Crippen molar-refractivity contribution in [1.29, 1.82) is 0 Å². The molecule has 2 N–H and O–H groups in total. The molecule has 146 valence electrons. The smallest absolute Gasteiger partial charge is 0.244 e. The monoisotopic (exact) mass is 387 g/mol. The molecule has 2 aromatic carbocycles. The molecule has 8 heteroatoms. The summed E-state index contributed by atoms with van der Waals surface area (Å²) in [6.45, 7) is 1.92. The Bertz CT molecular complexity index is 965. The molecule has 0 saturated carbocycles. The highest BCUT2D eigenvalue weighted by molar-refractivity contribution is 5.97. The number of fused-ring (bicyclic) bond motifs is 2. The zero-order valence-corrected chi connectivity index (χ0v) is 15.2. The molecule has 0 saturated heterocycles. The number of hydrogen-bond donors (Lipinski definition) is 1. The summed E-state index contributed by atoms with van der Waals surface area (Å²) in [5.74, 6) is -1.70. The Hall–Kier alpha value is -3.00. The fourth-order valence-corrected chi connectivity index (χ4v) is 3.77. The Balaban J connectivity index is 1.89. The quantitative estimate of drug-likeness (QED) is 0.879. The van der Waals surface area contributed by atoms with Crippen LogP contribution in [-0.2, 0) is 15.3 Å². The first-order valence-corrected chi connectivity index (χ1v) is 8.93. The Kier molecular flexibility index (Phi) is 4.50. The second-order valence-electron chi connectivity index (χ2n) is 6.74. The van der Waals surface area contributed by atoms with Crippen molar-refractivity contribution < 1.29 is 23.0 Å². The van der Waals surface area contributed by atoms with Crippen LogP contribution in [0.5, 0.6) is 5.75 Å². The highest BCUT2D eigenvalue weighted by Crippen LogP contribution is 2.50. The summed E-state index contributed by atoms with van der Waals surface area (Å²) in [6, 6.07) is 10.1. The predicted molar refractivity (Wildman–Crippen MR) is 97.3 cm³/mol. The average molecular weight is 387 g/mol. The van der Waals surface area contributed by atoms with Crippen LogP contribution in [0.3, 0.4) is 0 Å². The number of carbonyl (C=O) groups excluding carboxylic acids is 1. The van der Waals surface area contributed by atoms with Crippen LogP contribution in [0.2, 0.25) is 0 Å². The molecule has 2 atom stereocenters. The summed E-state index contributed by atoms with van der Waals surface area (Å²) in [5.41, 5.74) is 4.88. The van der Waals surface area contributed by atoms with Gasteiger partial charge in [0.05, 0.1) is 23.7 Å². The number of halogens is 2. The lowest BCUT2D eigenvalue weighted by Crippen LogP contribution is -2.54. The van der Waals surface area contributed by atoms with Gasteiger partial charge in [0.1, 0.15) is 17.4 Å². The van der Waals surface area contributed by atoms with E-state index in [9.17, 15) is 13.6 Å². The molecular weight excluding hydrogens is 368 g/mol. The number of carbonyl (C=O) groups is 1. The fourth-order valence-electron chi connectivity index (χ4n) is 3.77. The van der Waals surface area contributed by atoms with Crippen molar-refractivity contribution in [3.63, 3.8) is 0 Å². The zero-order valence-electron chi connectivity index (χ0n) is 15.2. The van der Waals surface area contributed by atoms with Crippen molar-refractivity contribution in [3.05, 3.63) is 65.2 Å². The van der Waals surface area contributed by atoms with Gasteiger partial charge < -0.3 is 15.2 Å². The minimum Gasteiger partial charge on any atom is -0.493 e. The Morgan fingerprint density at radius 3 is 2.86 bits per heavy atom. The molecule has 2 heterocycles. The number of hydrazone groups is 1. The Morgan fingerprint density at radius 1 is 1.32 bits per heavy atom. The van der Waals surface area contributed by atoms with Gasteiger partial charge in [-0.25, -0.2) is 8.78 Å². The second kappa shape index (κ2) is 6.87. The molecule has 4 rings (SSSR count). The number of ether oxygens (including phenoxy) is 2. The SMILES string of the molecule is CC(=O)N1N=C(c2cc(F)ccc2F)OC12c1ccccc1OCC2CCN. The lowest BCUT2D eigenvalue weighted by Gasteiger charge is -2.44. The molecule has 2 unspecified atom stereocenters. The molecule has 1 amide bonds. The summed E-state index contributed by atoms with van der Waals surface area (Å²) in [6.07, 6.45) is 0.479. The first kappa shape index (κ1) is 18.4. The van der Waals surface area contributed by atoms with Gasteiger partial charge >= 0.3 is 0 Å². The van der Waals surface area contributed by atoms with Crippen molar-refractivity contribution in [1.82, 2.24) is 5.01 Å². The number of amides is 1. The van der Waals surface area contributed by atoms with Crippen LogP contribution < -0.4 is 10.5 Å². The number of benzene rings is 2. The first-order chi connectivity index (χ1) is 13.5. The van der Waals surface area contributed by atoms with E-state index in [1.165, 1.54) is 11.9 Å². The normalized spacial score (nSPS) is 23.1. The van der Waals surface area contributed by atoms with Gasteiger partial charge in [0, 0.05) is 6.92 Å². The number of para-hydroxylation sites is 1. The number of nitrogens with zero attached hydrogens (tertiary/aromatic N) is 2. The van der Waals surface area contributed by atoms with Gasteiger partial charge in [-0.2, -0.15) is 5.01 Å². The maximum atomic E-state index is 14.4. The third-order valence-electron chi connectivity index (χ3n) is 5.00. The maximum Gasteiger partial charge on any atom is 0.244 e. The van der Waals surface area contributed by atoms with Crippen molar-refractivity contribution in [2.45, 2.75) is 19.1 Å². The highest BCUT2D eigenvalue weighted by atomic mass is 19.1. The molecule has 0 aromatic heterocycles. The molecule has 1 spiro atoms. The minimum atomic E-state index is -1.34. The van der Waals surface area contributed by atoms with E-state index in [0.29, 0.717) is 24.3 Å². The minimum absolute atomic E-state index is 0.154. The van der Waals surface area contributed by atoms with Gasteiger partial charge in [-0.3, -0.25) is 4.79 Å². The van der Waals surface area contributed by atoms with Gasteiger partial charge in [0.15, 0.2) is 0 Å². The molecule has 0 bridgehead atoms. The molecule has 2 aliphatic rings. The molecule has 0 aliphatic carbocycles. The Labute approximate surface area is 160 Å². The lowest BCUT2D eigenvalue weighted by atomic mass is 9.83. The summed E-state index contributed by atoms with van der Waals surface area (Å²) >= 11 is 0. The van der Waals surface area contributed by atoms with Crippen molar-refractivity contribution >= 4 is 11.8 Å². The van der Waals surface area contributed by atoms with E-state index in [4.69, 9.17) is 15.2 Å². The molecule has 28 heavy (non-hydrogen) atoms. The second-order valence-corrected chi connectivity index (χ2v) is 6.74. The molecular formula is C20H19F2N3O3. The molecule has 0 fully saturated rings. The fraction of sp³-hybridized carbons (Fsp3) is 0.300. The zero-order chi connectivity index (χ0) is 19.9. The summed E-state index contributed by atoms with van der Waals surface area (Å²) in [7, 11) is 0. The van der Waals surface area contributed by atoms with Crippen LogP contribution in [0.4, 0.5) is 8.78 Å². The van der Waals surface area contributed by atoms with Crippen molar-refractivity contribution in [3.8, 4) is 5.75 Å². The largest absolute Gasteiger partial charge is 0.493 e. The first-order valence-electron chi connectivity index (χ1n) is 8.93. The number of nitrogens with two attached hydrogens (primary N) is 1. The van der Waals surface area contributed by atoms with Crippen LogP contribution in [0.1, 0.15) is 24.5 Å². The average Bonchev–Trinajstić information content (AvgIpc) is 3.08. The van der Waals surface area contributed by atoms with E-state index >= 15 is 0 Å². The van der Waals surface area contributed by atoms with E-state index in [1.54, 1.807) is 24.3 Å². The van der Waals surface area contributed by atoms with Crippen LogP contribution >= 0.6 is 0 Å². The summed E-state index contributed by atoms with van der Waals surface area (Å²) in [5, 5.41) is 5.43. The topological polar surface area (TPSA) is 77.2 Å². The number of rotatable bonds is 3. The highest BCUT2D eigenvalue weighted by Gasteiger charge is 2.57. The van der Waals surface area contributed by atoms with E-state index in [0.717, 1.165) is 18.2 Å². The Morgan fingerprint density at radius 2 is 2.11 bits per heavy atom. The van der Waals surface area contributed by atoms with Crippen molar-refractivity contribution in [2.24, 2.45) is 16.8 Å². The summed E-state index contributed by atoms with van der Waals surface area (Å²) < 4.78 is 40.1. The predicted octanol–water partition coefficient (Wildman–Crippen LogP) is 2.72. The molecule has 6 nitrogen and oxygen atoms in total. The lowest BCUT2D eigenvalue weighted by molar-refractivity contribution is -0.168. The number of hydrogen-bond acceptors (Lipinski definition) is 5. The van der Waals surface area contributed by atoms with Gasteiger partial charge in [-0.15, -0.1) is 5.10 Å². The van der Waals surface area contributed by atoms with Crippen LogP contribution in [0.25, 0.3) is 0 Å². The van der Waals surface area contributed by atoms with E-state index in [1.807, 2.05) is 0 Å². The standard InChI is InChI=1S/C20H19F2N3O3/c1-12(26)25-20(28-19(24-25)15-10-14(21)6-7-17(15)22)13(8-9-23)11-27-18-5-3-2-4-16(18)20/h2-7,10,13H,8-9,11,23H2,1H3. The van der Waals surface area contributed by atoms with Crippen molar-refractivity contribution in [2.75, 3.05) is 13.2 Å².